The van der Waals surface area contributed by atoms with Gasteiger partial charge < -0.3 is 28.1 Å². The van der Waals surface area contributed by atoms with Gasteiger partial charge >= 0.3 is 0 Å². The first-order valence-electron chi connectivity index (χ1n) is 17.1. The van der Waals surface area contributed by atoms with E-state index in [0.717, 1.165) is 28.2 Å². The van der Waals surface area contributed by atoms with Crippen LogP contribution in [0.4, 0.5) is 0 Å². The van der Waals surface area contributed by atoms with Gasteiger partial charge in [0.25, 0.3) is 8.32 Å². The molecule has 0 aromatic heterocycles. The molecule has 0 aliphatic rings. The Balaban J connectivity index is 1.58. The third kappa shape index (κ3) is 8.04. The van der Waals surface area contributed by atoms with Gasteiger partial charge in [-0.2, -0.15) is 0 Å². The van der Waals surface area contributed by atoms with Crippen LogP contribution in [0.15, 0.2) is 140 Å². The molecule has 0 unspecified atom stereocenters. The third-order valence-corrected chi connectivity index (χ3v) is 14.2. The van der Waals surface area contributed by atoms with E-state index >= 15 is 0 Å². The van der Waals surface area contributed by atoms with Crippen LogP contribution in [0.25, 0.3) is 0 Å². The van der Waals surface area contributed by atoms with Gasteiger partial charge in [0.15, 0.2) is 0 Å². The number of hydrogen-bond acceptors (Lipinski definition) is 6. The van der Waals surface area contributed by atoms with Crippen molar-refractivity contribution >= 4 is 18.7 Å². The Labute approximate surface area is 299 Å². The molecule has 0 saturated heterocycles. The first kappa shape index (κ1) is 37.0. The second kappa shape index (κ2) is 17.1. The highest BCUT2D eigenvalue weighted by Gasteiger charge is 2.50. The summed E-state index contributed by atoms with van der Waals surface area (Å²) >= 11 is 0. The molecular formula is C43H50O6Si. The van der Waals surface area contributed by atoms with E-state index in [4.69, 9.17) is 28.1 Å². The molecule has 0 aliphatic heterocycles. The lowest BCUT2D eigenvalue weighted by molar-refractivity contribution is -0.0855. The molecule has 0 bridgehead atoms. The first-order chi connectivity index (χ1) is 24.3. The van der Waals surface area contributed by atoms with Gasteiger partial charge in [-0.3, -0.25) is 0 Å². The molecule has 0 N–H and O–H groups in total. The van der Waals surface area contributed by atoms with E-state index in [1.54, 1.807) is 21.3 Å². The van der Waals surface area contributed by atoms with E-state index in [2.05, 4.69) is 118 Å². The molecule has 0 radical (unpaired) electrons. The number of rotatable bonds is 17. The second-order valence-corrected chi connectivity index (χ2v) is 17.6. The fourth-order valence-corrected chi connectivity index (χ4v) is 11.3. The molecule has 6 nitrogen and oxygen atoms in total. The van der Waals surface area contributed by atoms with Crippen LogP contribution in [0.2, 0.25) is 5.04 Å². The van der Waals surface area contributed by atoms with Crippen molar-refractivity contribution in [3.8, 4) is 11.5 Å². The van der Waals surface area contributed by atoms with Gasteiger partial charge in [0.2, 0.25) is 0 Å². The molecule has 5 rings (SSSR count). The number of ether oxygens (including phenoxy) is 5. The lowest BCUT2D eigenvalue weighted by atomic mass is 9.80. The summed E-state index contributed by atoms with van der Waals surface area (Å²) in [6, 6.07) is 47.8. The van der Waals surface area contributed by atoms with Crippen LogP contribution in [0, 0.1) is 0 Å². The maximum absolute atomic E-state index is 7.36. The average Bonchev–Trinajstić information content (AvgIpc) is 3.16. The minimum absolute atomic E-state index is 0.187. The molecule has 50 heavy (non-hydrogen) atoms. The lowest BCUT2D eigenvalue weighted by Crippen LogP contribution is -2.67. The molecule has 0 amide bonds. The van der Waals surface area contributed by atoms with Crippen LogP contribution in [0.5, 0.6) is 11.5 Å². The van der Waals surface area contributed by atoms with Crippen LogP contribution in [-0.4, -0.2) is 62.2 Å². The van der Waals surface area contributed by atoms with Gasteiger partial charge in [-0.15, -0.1) is 0 Å². The summed E-state index contributed by atoms with van der Waals surface area (Å²) in [6.45, 7) is 8.27. The van der Waals surface area contributed by atoms with E-state index in [9.17, 15) is 0 Å². The Morgan fingerprint density at radius 1 is 0.520 bits per heavy atom. The normalized spacial score (nSPS) is 12.8. The smallest absolute Gasteiger partial charge is 0.261 e. The summed E-state index contributed by atoms with van der Waals surface area (Å²) in [6.07, 6.45) is -0.411. The van der Waals surface area contributed by atoms with E-state index in [1.165, 1.54) is 10.4 Å². The van der Waals surface area contributed by atoms with E-state index < -0.39 is 20.0 Å². The molecule has 262 valence electrons. The predicted molar refractivity (Wildman–Crippen MR) is 203 cm³/mol. The zero-order valence-corrected chi connectivity index (χ0v) is 31.1. The summed E-state index contributed by atoms with van der Waals surface area (Å²) in [4.78, 5) is 0. The van der Waals surface area contributed by atoms with Crippen molar-refractivity contribution in [2.24, 2.45) is 0 Å². The van der Waals surface area contributed by atoms with Crippen molar-refractivity contribution in [1.82, 2.24) is 0 Å². The zero-order chi connectivity index (χ0) is 35.5. The van der Waals surface area contributed by atoms with Crippen molar-refractivity contribution in [2.75, 3.05) is 47.8 Å². The van der Waals surface area contributed by atoms with Gasteiger partial charge in [0.05, 0.1) is 40.6 Å². The molecule has 0 saturated carbocycles. The van der Waals surface area contributed by atoms with Crippen molar-refractivity contribution < 1.29 is 28.1 Å². The monoisotopic (exact) mass is 690 g/mol. The van der Waals surface area contributed by atoms with E-state index in [-0.39, 0.29) is 11.6 Å². The second-order valence-electron chi connectivity index (χ2n) is 13.3. The standard InChI is InChI=1S/C43H50O6Si/c1-42(2,3)50(40-18-12-8-13-19-40,41-20-14-9-15-21-41)49-33-39(47-31-30-44-4)32-48-43(34-16-10-7-11-17-34,35-22-26-37(45-5)27-23-35)36-24-28-38(46-6)29-25-36/h7-29,39H,30-33H2,1-6H3/t39-/m0/s1. The third-order valence-electron chi connectivity index (χ3n) is 9.20. The Hall–Kier alpha value is -4.24. The summed E-state index contributed by atoms with van der Waals surface area (Å²) in [7, 11) is 2.19. The molecule has 1 atom stereocenters. The number of hydrogen-bond donors (Lipinski definition) is 0. The molecule has 0 aliphatic carbocycles. The van der Waals surface area contributed by atoms with Crippen LogP contribution >= 0.6 is 0 Å². The fourth-order valence-electron chi connectivity index (χ4n) is 6.71. The maximum Gasteiger partial charge on any atom is 0.261 e. The highest BCUT2D eigenvalue weighted by molar-refractivity contribution is 6.99. The highest BCUT2D eigenvalue weighted by Crippen LogP contribution is 2.42. The Bertz CT molecular complexity index is 1620. The summed E-state index contributed by atoms with van der Waals surface area (Å²) in [5, 5.41) is 2.24. The largest absolute Gasteiger partial charge is 0.497 e. The van der Waals surface area contributed by atoms with Crippen LogP contribution < -0.4 is 19.8 Å². The zero-order valence-electron chi connectivity index (χ0n) is 30.1. The predicted octanol–water partition coefficient (Wildman–Crippen LogP) is 7.62. The molecule has 7 heteroatoms. The van der Waals surface area contributed by atoms with Crippen molar-refractivity contribution in [3.63, 3.8) is 0 Å². The van der Waals surface area contributed by atoms with Crippen molar-refractivity contribution in [1.29, 1.82) is 0 Å². The van der Waals surface area contributed by atoms with Crippen LogP contribution in [0.3, 0.4) is 0 Å². The minimum atomic E-state index is -2.84. The SMILES string of the molecule is COCCO[C@@H](COC(c1ccccc1)(c1ccc(OC)cc1)c1ccc(OC)cc1)CO[Si](c1ccccc1)(c1ccccc1)C(C)(C)C. The molecule has 0 spiro atoms. The van der Waals surface area contributed by atoms with Crippen molar-refractivity contribution in [2.45, 2.75) is 37.5 Å². The van der Waals surface area contributed by atoms with Gasteiger partial charge in [-0.1, -0.05) is 136 Å². The number of methoxy groups -OCH3 is 3. The molecular weight excluding hydrogens is 641 g/mol. The summed E-state index contributed by atoms with van der Waals surface area (Å²) in [5.41, 5.74) is 1.91. The average molecular weight is 691 g/mol. The van der Waals surface area contributed by atoms with Gasteiger partial charge in [0.1, 0.15) is 23.2 Å². The summed E-state index contributed by atoms with van der Waals surface area (Å²) in [5.74, 6) is 1.54. The summed E-state index contributed by atoms with van der Waals surface area (Å²) < 4.78 is 37.7. The Kier molecular flexibility index (Phi) is 12.7. The van der Waals surface area contributed by atoms with E-state index in [0.29, 0.717) is 19.8 Å². The highest BCUT2D eigenvalue weighted by atomic mass is 28.4. The molecule has 5 aromatic carbocycles. The fraction of sp³-hybridized carbons (Fsp3) is 0.302. The Morgan fingerprint density at radius 3 is 1.38 bits per heavy atom. The first-order valence-corrected chi connectivity index (χ1v) is 19.0. The molecule has 0 heterocycles. The van der Waals surface area contributed by atoms with E-state index in [1.807, 2.05) is 42.5 Å². The maximum atomic E-state index is 7.36. The molecule has 0 fully saturated rings. The topological polar surface area (TPSA) is 55.4 Å². The minimum Gasteiger partial charge on any atom is -0.497 e. The van der Waals surface area contributed by atoms with Gasteiger partial charge in [-0.05, 0) is 56.4 Å². The van der Waals surface area contributed by atoms with Crippen molar-refractivity contribution in [3.05, 3.63) is 156 Å². The quantitative estimate of drug-likeness (QED) is 0.0569. The van der Waals surface area contributed by atoms with Gasteiger partial charge in [0, 0.05) is 7.11 Å². The lowest BCUT2D eigenvalue weighted by Gasteiger charge is -2.44. The van der Waals surface area contributed by atoms with Crippen LogP contribution in [0.1, 0.15) is 37.5 Å². The Morgan fingerprint density at radius 2 is 0.960 bits per heavy atom. The number of benzene rings is 5. The van der Waals surface area contributed by atoms with Crippen LogP contribution in [-0.2, 0) is 24.2 Å². The molecule has 5 aromatic rings. The van der Waals surface area contributed by atoms with Gasteiger partial charge in [-0.25, -0.2) is 0 Å².